The van der Waals surface area contributed by atoms with Crippen LogP contribution in [0.1, 0.15) is 11.1 Å². The van der Waals surface area contributed by atoms with Crippen LogP contribution in [0.25, 0.3) is 0 Å². The Labute approximate surface area is 95.6 Å². The maximum Gasteiger partial charge on any atom is 0.416 e. The minimum absolute atomic E-state index is 0.280. The third-order valence-corrected chi connectivity index (χ3v) is 2.47. The van der Waals surface area contributed by atoms with Crippen LogP contribution in [0.2, 0.25) is 0 Å². The lowest BCUT2D eigenvalue weighted by Gasteiger charge is -2.11. The van der Waals surface area contributed by atoms with Crippen LogP contribution >= 0.6 is 0 Å². The molecule has 1 heterocycles. The molecule has 3 nitrogen and oxygen atoms in total. The molecule has 92 valence electrons. The molecule has 1 fully saturated rings. The van der Waals surface area contributed by atoms with Crippen LogP contribution in [-0.4, -0.2) is 18.7 Å². The summed E-state index contributed by atoms with van der Waals surface area (Å²) < 4.78 is 42.2. The summed E-state index contributed by atoms with van der Waals surface area (Å²) in [5, 5.41) is 2.45. The lowest BCUT2D eigenvalue weighted by molar-refractivity contribution is -0.137. The molecule has 2 rings (SSSR count). The monoisotopic (exact) mass is 245 g/mol. The van der Waals surface area contributed by atoms with Crippen molar-refractivity contribution in [3.05, 3.63) is 35.4 Å². The van der Waals surface area contributed by atoms with Crippen LogP contribution in [0.4, 0.5) is 18.0 Å². The highest BCUT2D eigenvalue weighted by Crippen LogP contribution is 2.29. The van der Waals surface area contributed by atoms with Gasteiger partial charge in [0.1, 0.15) is 6.10 Å². The second-order valence-corrected chi connectivity index (χ2v) is 3.81. The fraction of sp³-hybridized carbons (Fsp3) is 0.364. The van der Waals surface area contributed by atoms with Crippen LogP contribution in [-0.2, 0) is 17.3 Å². The zero-order valence-electron chi connectivity index (χ0n) is 8.75. The summed E-state index contributed by atoms with van der Waals surface area (Å²) in [6.07, 6.45) is -4.99. The number of ether oxygens (including phenoxy) is 1. The number of halogens is 3. The fourth-order valence-electron chi connectivity index (χ4n) is 1.68. The standard InChI is InChI=1S/C11H10F3NO2/c12-11(13,14)8-3-1-2-7(4-8)5-9-6-15-10(16)17-9/h1-4,9H,5-6H2,(H,15,16). The van der Waals surface area contributed by atoms with E-state index in [4.69, 9.17) is 4.74 Å². The number of benzene rings is 1. The molecule has 1 aliphatic heterocycles. The molecule has 0 radical (unpaired) electrons. The number of carbonyl (C=O) groups is 1. The average Bonchev–Trinajstić information content (AvgIpc) is 2.63. The quantitative estimate of drug-likeness (QED) is 0.868. The van der Waals surface area contributed by atoms with Gasteiger partial charge in [0.2, 0.25) is 0 Å². The van der Waals surface area contributed by atoms with E-state index < -0.39 is 23.9 Å². The number of rotatable bonds is 2. The van der Waals surface area contributed by atoms with E-state index in [0.29, 0.717) is 12.1 Å². The average molecular weight is 245 g/mol. The first-order valence-corrected chi connectivity index (χ1v) is 5.06. The Balaban J connectivity index is 2.09. The van der Waals surface area contributed by atoms with Gasteiger partial charge in [-0.05, 0) is 11.6 Å². The Hall–Kier alpha value is -1.72. The fourth-order valence-corrected chi connectivity index (χ4v) is 1.68. The minimum atomic E-state index is -4.35. The molecule has 1 aromatic rings. The number of hydrogen-bond acceptors (Lipinski definition) is 2. The highest BCUT2D eigenvalue weighted by molar-refractivity contribution is 5.69. The molecule has 0 aromatic heterocycles. The molecule has 1 atom stereocenters. The van der Waals surface area contributed by atoms with E-state index in [1.807, 2.05) is 0 Å². The number of carbonyl (C=O) groups excluding carboxylic acids is 1. The molecule has 1 aliphatic rings. The number of hydrogen-bond donors (Lipinski definition) is 1. The first kappa shape index (κ1) is 11.8. The molecule has 1 unspecified atom stereocenters. The second kappa shape index (κ2) is 4.27. The Morgan fingerprint density at radius 3 is 2.76 bits per heavy atom. The number of nitrogens with one attached hydrogen (secondary N) is 1. The Bertz CT molecular complexity index is 431. The van der Waals surface area contributed by atoms with Crippen molar-refractivity contribution in [2.75, 3.05) is 6.54 Å². The van der Waals surface area contributed by atoms with E-state index in [1.54, 1.807) is 6.07 Å². The SMILES string of the molecule is O=C1NCC(Cc2cccc(C(F)(F)F)c2)O1. The van der Waals surface area contributed by atoms with E-state index in [2.05, 4.69) is 5.32 Å². The van der Waals surface area contributed by atoms with E-state index >= 15 is 0 Å². The van der Waals surface area contributed by atoms with E-state index in [-0.39, 0.29) is 6.42 Å². The Morgan fingerprint density at radius 1 is 1.41 bits per heavy atom. The molecule has 1 amide bonds. The van der Waals surface area contributed by atoms with Crippen molar-refractivity contribution in [2.24, 2.45) is 0 Å². The first-order chi connectivity index (χ1) is 7.95. The van der Waals surface area contributed by atoms with Crippen LogP contribution in [0.3, 0.4) is 0 Å². The van der Waals surface area contributed by atoms with E-state index in [0.717, 1.165) is 12.1 Å². The van der Waals surface area contributed by atoms with Gasteiger partial charge >= 0.3 is 12.3 Å². The summed E-state index contributed by atoms with van der Waals surface area (Å²) >= 11 is 0. The topological polar surface area (TPSA) is 38.3 Å². The van der Waals surface area contributed by atoms with Crippen LogP contribution in [0, 0.1) is 0 Å². The Kier molecular flexibility index (Phi) is 2.95. The van der Waals surface area contributed by atoms with E-state index in [1.165, 1.54) is 6.07 Å². The van der Waals surface area contributed by atoms with Gasteiger partial charge in [0, 0.05) is 6.42 Å². The van der Waals surface area contributed by atoms with Gasteiger partial charge in [-0.15, -0.1) is 0 Å². The molecule has 0 bridgehead atoms. The molecule has 6 heteroatoms. The van der Waals surface area contributed by atoms with Crippen molar-refractivity contribution in [1.29, 1.82) is 0 Å². The summed E-state index contributed by atoms with van der Waals surface area (Å²) in [5.41, 5.74) is -0.186. The second-order valence-electron chi connectivity index (χ2n) is 3.81. The number of alkyl carbamates (subject to hydrolysis) is 1. The zero-order chi connectivity index (χ0) is 12.5. The number of alkyl halides is 3. The first-order valence-electron chi connectivity index (χ1n) is 5.06. The van der Waals surface area contributed by atoms with Gasteiger partial charge in [-0.1, -0.05) is 18.2 Å². The zero-order valence-corrected chi connectivity index (χ0v) is 8.75. The molecule has 17 heavy (non-hydrogen) atoms. The number of cyclic esters (lactones) is 1. The van der Waals surface area contributed by atoms with Gasteiger partial charge in [-0.2, -0.15) is 13.2 Å². The smallest absolute Gasteiger partial charge is 0.416 e. The molecule has 1 aromatic carbocycles. The summed E-state index contributed by atoms with van der Waals surface area (Å²) in [6, 6.07) is 5.03. The maximum absolute atomic E-state index is 12.4. The summed E-state index contributed by atoms with van der Waals surface area (Å²) in [5.74, 6) is 0. The van der Waals surface area contributed by atoms with Crippen molar-refractivity contribution in [1.82, 2.24) is 5.32 Å². The Morgan fingerprint density at radius 2 is 2.18 bits per heavy atom. The van der Waals surface area contributed by atoms with Crippen molar-refractivity contribution < 1.29 is 22.7 Å². The summed E-state index contributed by atoms with van der Waals surface area (Å²) in [7, 11) is 0. The molecule has 0 saturated carbocycles. The van der Waals surface area contributed by atoms with E-state index in [9.17, 15) is 18.0 Å². The molecule has 1 saturated heterocycles. The molecule has 1 N–H and O–H groups in total. The van der Waals surface area contributed by atoms with Gasteiger partial charge in [0.15, 0.2) is 0 Å². The van der Waals surface area contributed by atoms with Crippen molar-refractivity contribution in [3.63, 3.8) is 0 Å². The lowest BCUT2D eigenvalue weighted by Crippen LogP contribution is -2.17. The largest absolute Gasteiger partial charge is 0.444 e. The molecule has 0 aliphatic carbocycles. The van der Waals surface area contributed by atoms with Gasteiger partial charge in [-0.25, -0.2) is 4.79 Å². The van der Waals surface area contributed by atoms with Gasteiger partial charge in [0.25, 0.3) is 0 Å². The highest BCUT2D eigenvalue weighted by atomic mass is 19.4. The summed E-state index contributed by atoms with van der Waals surface area (Å²) in [4.78, 5) is 10.8. The van der Waals surface area contributed by atoms with Crippen LogP contribution in [0.15, 0.2) is 24.3 Å². The van der Waals surface area contributed by atoms with Crippen LogP contribution in [0.5, 0.6) is 0 Å². The third-order valence-electron chi connectivity index (χ3n) is 2.47. The minimum Gasteiger partial charge on any atom is -0.444 e. The normalized spacial score (nSPS) is 19.9. The van der Waals surface area contributed by atoms with Crippen molar-refractivity contribution in [3.8, 4) is 0 Å². The lowest BCUT2D eigenvalue weighted by atomic mass is 10.0. The van der Waals surface area contributed by atoms with Crippen molar-refractivity contribution in [2.45, 2.75) is 18.7 Å². The van der Waals surface area contributed by atoms with Gasteiger partial charge in [-0.3, -0.25) is 0 Å². The van der Waals surface area contributed by atoms with Crippen molar-refractivity contribution >= 4 is 6.09 Å². The van der Waals surface area contributed by atoms with Gasteiger partial charge in [0.05, 0.1) is 12.1 Å². The molecule has 0 spiro atoms. The highest BCUT2D eigenvalue weighted by Gasteiger charge is 2.31. The summed E-state index contributed by atoms with van der Waals surface area (Å²) in [6.45, 7) is 0.328. The molecular weight excluding hydrogens is 235 g/mol. The predicted octanol–water partition coefficient (Wildman–Crippen LogP) is 2.36. The van der Waals surface area contributed by atoms with Gasteiger partial charge < -0.3 is 10.1 Å². The third kappa shape index (κ3) is 2.89. The predicted molar refractivity (Wildman–Crippen MR) is 53.4 cm³/mol. The number of amides is 1. The molecular formula is C11H10F3NO2. The van der Waals surface area contributed by atoms with Crippen LogP contribution < -0.4 is 5.32 Å². The maximum atomic E-state index is 12.4.